The number of halogens is 1. The Bertz CT molecular complexity index is 400. The van der Waals surface area contributed by atoms with Gasteiger partial charge in [0, 0.05) is 12.6 Å². The number of hydrogen-bond acceptors (Lipinski definition) is 5. The lowest BCUT2D eigenvalue weighted by atomic mass is 10.0. The fraction of sp³-hybridized carbons (Fsp3) is 0.500. The van der Waals surface area contributed by atoms with Crippen LogP contribution in [0.2, 0.25) is 0 Å². The molecular weight excluding hydrogens is 258 g/mol. The van der Waals surface area contributed by atoms with Crippen LogP contribution in [0.15, 0.2) is 12.1 Å². The van der Waals surface area contributed by atoms with E-state index in [0.717, 1.165) is 12.0 Å². The van der Waals surface area contributed by atoms with Crippen molar-refractivity contribution in [3.8, 4) is 17.2 Å². The molecule has 0 unspecified atom stereocenters. The van der Waals surface area contributed by atoms with Crippen molar-refractivity contribution in [1.82, 2.24) is 0 Å². The molecule has 0 aliphatic carbocycles. The second-order valence-electron chi connectivity index (χ2n) is 3.93. The molecule has 1 aromatic carbocycles. The molecule has 0 radical (unpaired) electrons. The zero-order chi connectivity index (χ0) is 12.3. The van der Waals surface area contributed by atoms with Gasteiger partial charge in [-0.05, 0) is 30.5 Å². The maximum absolute atomic E-state index is 8.79. The molecule has 1 heterocycles. The summed E-state index contributed by atoms with van der Waals surface area (Å²) in [6.45, 7) is 0.358. The van der Waals surface area contributed by atoms with Crippen molar-refractivity contribution < 1.29 is 19.3 Å². The third-order valence-corrected chi connectivity index (χ3v) is 2.78. The van der Waals surface area contributed by atoms with Crippen LogP contribution in [0.1, 0.15) is 24.4 Å². The Morgan fingerprint density at radius 1 is 1.44 bits per heavy atom. The van der Waals surface area contributed by atoms with E-state index in [4.69, 9.17) is 25.1 Å². The molecule has 1 atom stereocenters. The summed E-state index contributed by atoms with van der Waals surface area (Å²) >= 11 is 0. The fourth-order valence-electron chi connectivity index (χ4n) is 1.84. The zero-order valence-corrected chi connectivity index (χ0v) is 11.0. The second-order valence-corrected chi connectivity index (χ2v) is 3.93. The summed E-state index contributed by atoms with van der Waals surface area (Å²) in [7, 11) is 1.58. The molecule has 0 bridgehead atoms. The summed E-state index contributed by atoms with van der Waals surface area (Å²) in [6.07, 6.45) is 1.40. The summed E-state index contributed by atoms with van der Waals surface area (Å²) < 4.78 is 15.9. The molecule has 0 amide bonds. The number of hydrogen-bond donors (Lipinski definition) is 2. The van der Waals surface area contributed by atoms with Crippen LogP contribution in [-0.2, 0) is 0 Å². The van der Waals surface area contributed by atoms with Gasteiger partial charge in [0.1, 0.15) is 0 Å². The van der Waals surface area contributed by atoms with Crippen LogP contribution in [0.25, 0.3) is 0 Å². The quantitative estimate of drug-likeness (QED) is 0.854. The van der Waals surface area contributed by atoms with Gasteiger partial charge in [-0.25, -0.2) is 0 Å². The van der Waals surface area contributed by atoms with Crippen molar-refractivity contribution in [1.29, 1.82) is 0 Å². The van der Waals surface area contributed by atoms with E-state index in [2.05, 4.69) is 0 Å². The highest BCUT2D eigenvalue weighted by Gasteiger charge is 2.21. The van der Waals surface area contributed by atoms with Crippen molar-refractivity contribution in [2.75, 3.05) is 20.5 Å². The molecule has 3 N–H and O–H groups in total. The molecule has 1 aromatic rings. The van der Waals surface area contributed by atoms with E-state index in [9.17, 15) is 0 Å². The van der Waals surface area contributed by atoms with Gasteiger partial charge in [-0.1, -0.05) is 0 Å². The van der Waals surface area contributed by atoms with Crippen molar-refractivity contribution in [3.63, 3.8) is 0 Å². The molecule has 102 valence electrons. The number of ether oxygens (including phenoxy) is 3. The lowest BCUT2D eigenvalue weighted by molar-refractivity contribution is 0.171. The first-order valence-electron chi connectivity index (χ1n) is 5.60. The third-order valence-electron chi connectivity index (χ3n) is 2.78. The van der Waals surface area contributed by atoms with Crippen LogP contribution in [0.3, 0.4) is 0 Å². The highest BCUT2D eigenvalue weighted by molar-refractivity contribution is 5.85. The van der Waals surface area contributed by atoms with Gasteiger partial charge in [-0.15, -0.1) is 12.4 Å². The Morgan fingerprint density at radius 3 is 2.89 bits per heavy atom. The monoisotopic (exact) mass is 275 g/mol. The van der Waals surface area contributed by atoms with E-state index in [1.807, 2.05) is 12.1 Å². The van der Waals surface area contributed by atoms with E-state index < -0.39 is 0 Å². The zero-order valence-electron chi connectivity index (χ0n) is 10.2. The Labute approximate surface area is 112 Å². The molecule has 2 rings (SSSR count). The molecule has 1 aliphatic rings. The summed E-state index contributed by atoms with van der Waals surface area (Å²) in [5, 5.41) is 8.79. The molecular formula is C12H18ClNO4. The molecule has 0 spiro atoms. The van der Waals surface area contributed by atoms with E-state index in [-0.39, 0.29) is 31.8 Å². The maximum Gasteiger partial charge on any atom is 0.231 e. The molecule has 0 saturated heterocycles. The lowest BCUT2D eigenvalue weighted by Crippen LogP contribution is -2.11. The maximum atomic E-state index is 8.79. The summed E-state index contributed by atoms with van der Waals surface area (Å²) in [4.78, 5) is 0. The Balaban J connectivity index is 0.00000162. The third kappa shape index (κ3) is 2.98. The molecule has 5 nitrogen and oxygen atoms in total. The average Bonchev–Trinajstić information content (AvgIpc) is 2.82. The summed E-state index contributed by atoms with van der Waals surface area (Å²) in [5.41, 5.74) is 6.97. The van der Waals surface area contributed by atoms with Crippen LogP contribution in [0.5, 0.6) is 17.2 Å². The number of aliphatic hydroxyl groups excluding tert-OH is 1. The van der Waals surface area contributed by atoms with Crippen LogP contribution < -0.4 is 19.9 Å². The lowest BCUT2D eigenvalue weighted by Gasteiger charge is -2.14. The number of benzene rings is 1. The first kappa shape index (κ1) is 14.9. The Kier molecular flexibility index (Phi) is 5.53. The SMILES string of the molecule is COc1cc([C@@H](N)CCCO)cc2c1OCO2.Cl. The fourth-order valence-corrected chi connectivity index (χ4v) is 1.84. The van der Waals surface area contributed by atoms with E-state index >= 15 is 0 Å². The first-order valence-corrected chi connectivity index (χ1v) is 5.60. The summed E-state index contributed by atoms with van der Waals surface area (Å²) in [5.74, 6) is 1.93. The minimum atomic E-state index is -0.134. The van der Waals surface area contributed by atoms with Crippen molar-refractivity contribution in [2.45, 2.75) is 18.9 Å². The molecule has 0 fully saturated rings. The van der Waals surface area contributed by atoms with Gasteiger partial charge in [-0.3, -0.25) is 0 Å². The Hall–Kier alpha value is -1.17. The molecule has 0 saturated carbocycles. The van der Waals surface area contributed by atoms with Gasteiger partial charge in [-0.2, -0.15) is 0 Å². The van der Waals surface area contributed by atoms with Crippen molar-refractivity contribution >= 4 is 12.4 Å². The van der Waals surface area contributed by atoms with Crippen LogP contribution in [0, 0.1) is 0 Å². The predicted octanol–water partition coefficient (Wildman–Crippen LogP) is 1.62. The predicted molar refractivity (Wildman–Crippen MR) is 69.6 cm³/mol. The normalized spacial score (nSPS) is 13.9. The average molecular weight is 276 g/mol. The minimum absolute atomic E-state index is 0. The van der Waals surface area contributed by atoms with Gasteiger partial charge in [0.15, 0.2) is 11.5 Å². The number of aliphatic hydroxyl groups is 1. The van der Waals surface area contributed by atoms with Crippen molar-refractivity contribution in [3.05, 3.63) is 17.7 Å². The van der Waals surface area contributed by atoms with Gasteiger partial charge in [0.25, 0.3) is 0 Å². The van der Waals surface area contributed by atoms with Crippen molar-refractivity contribution in [2.24, 2.45) is 5.73 Å². The number of rotatable bonds is 5. The van der Waals surface area contributed by atoms with E-state index in [0.29, 0.717) is 23.7 Å². The van der Waals surface area contributed by atoms with Crippen LogP contribution in [-0.4, -0.2) is 25.6 Å². The van der Waals surface area contributed by atoms with E-state index in [1.165, 1.54) is 0 Å². The van der Waals surface area contributed by atoms with Gasteiger partial charge in [0.05, 0.1) is 7.11 Å². The molecule has 18 heavy (non-hydrogen) atoms. The number of fused-ring (bicyclic) bond motifs is 1. The first-order chi connectivity index (χ1) is 8.26. The highest BCUT2D eigenvalue weighted by Crippen LogP contribution is 2.43. The minimum Gasteiger partial charge on any atom is -0.493 e. The number of methoxy groups -OCH3 is 1. The van der Waals surface area contributed by atoms with Gasteiger partial charge < -0.3 is 25.1 Å². The molecule has 0 aromatic heterocycles. The van der Waals surface area contributed by atoms with E-state index in [1.54, 1.807) is 7.11 Å². The molecule has 1 aliphatic heterocycles. The number of nitrogens with two attached hydrogens (primary N) is 1. The highest BCUT2D eigenvalue weighted by atomic mass is 35.5. The second kappa shape index (κ2) is 6.68. The smallest absolute Gasteiger partial charge is 0.231 e. The topological polar surface area (TPSA) is 73.9 Å². The van der Waals surface area contributed by atoms with Gasteiger partial charge in [0.2, 0.25) is 12.5 Å². The van der Waals surface area contributed by atoms with Gasteiger partial charge >= 0.3 is 0 Å². The standard InChI is InChI=1S/C12H17NO4.ClH/c1-15-10-5-8(9(13)3-2-4-14)6-11-12(10)17-7-16-11;/h5-6,9,14H,2-4,7,13H2,1H3;1H/t9-;/m0./s1. The largest absolute Gasteiger partial charge is 0.493 e. The van der Waals surface area contributed by atoms with Crippen LogP contribution in [0.4, 0.5) is 0 Å². The van der Waals surface area contributed by atoms with Crippen LogP contribution >= 0.6 is 12.4 Å². The molecule has 6 heteroatoms. The Morgan fingerprint density at radius 2 is 2.22 bits per heavy atom. The summed E-state index contributed by atoms with van der Waals surface area (Å²) in [6, 6.07) is 3.59.